The molecule has 0 aliphatic heterocycles. The number of nitrogens with two attached hydrogens (primary N) is 1. The number of hydrogen-bond acceptors (Lipinski definition) is 8. The summed E-state index contributed by atoms with van der Waals surface area (Å²) >= 11 is 0. The van der Waals surface area contributed by atoms with Gasteiger partial charge in [0.05, 0.1) is 6.61 Å². The maximum absolute atomic E-state index is 11.5. The van der Waals surface area contributed by atoms with Crippen LogP contribution in [0.4, 0.5) is 0 Å². The molecule has 0 aliphatic carbocycles. The molecule has 0 aromatic rings. The summed E-state index contributed by atoms with van der Waals surface area (Å²) in [5.74, 6) is -2.47. The Morgan fingerprint density at radius 3 is 2.04 bits per heavy atom. The van der Waals surface area contributed by atoms with Gasteiger partial charge < -0.3 is 41.9 Å². The monoisotopic (exact) mass is 335 g/mol. The van der Waals surface area contributed by atoms with Crippen LogP contribution in [0.15, 0.2) is 12.2 Å². The lowest BCUT2D eigenvalue weighted by molar-refractivity contribution is -0.148. The van der Waals surface area contributed by atoms with Gasteiger partial charge in [0.25, 0.3) is 5.91 Å². The molecule has 11 heteroatoms. The Hall–Kier alpha value is -2.05. The van der Waals surface area contributed by atoms with Crippen molar-refractivity contribution >= 4 is 17.7 Å². The maximum Gasteiger partial charge on any atom is 0.251 e. The minimum atomic E-state index is -2.04. The molecule has 0 heterocycles. The Kier molecular flexibility index (Phi) is 9.69. The number of aliphatic hydroxyl groups excluding tert-OH is 5. The maximum atomic E-state index is 11.5. The van der Waals surface area contributed by atoms with Crippen molar-refractivity contribution < 1.29 is 39.9 Å². The smallest absolute Gasteiger partial charge is 0.251 e. The fourth-order valence-corrected chi connectivity index (χ4v) is 1.37. The van der Waals surface area contributed by atoms with Gasteiger partial charge >= 0.3 is 0 Å². The van der Waals surface area contributed by atoms with Crippen molar-refractivity contribution in [1.29, 1.82) is 0 Å². The molecule has 9 N–H and O–H groups in total. The third kappa shape index (κ3) is 8.23. The van der Waals surface area contributed by atoms with Gasteiger partial charge in [0.2, 0.25) is 11.8 Å². The lowest BCUT2D eigenvalue weighted by Crippen LogP contribution is -2.52. The van der Waals surface area contributed by atoms with Crippen molar-refractivity contribution in [3.05, 3.63) is 12.2 Å². The molecule has 4 atom stereocenters. The van der Waals surface area contributed by atoms with Gasteiger partial charge in [-0.25, -0.2) is 0 Å². The van der Waals surface area contributed by atoms with E-state index in [-0.39, 0.29) is 13.1 Å². The molecule has 0 fully saturated rings. The van der Waals surface area contributed by atoms with Crippen LogP contribution in [0.2, 0.25) is 0 Å². The molecule has 132 valence electrons. The molecule has 0 radical (unpaired) electrons. The predicted molar refractivity (Wildman–Crippen MR) is 75.5 cm³/mol. The zero-order valence-corrected chi connectivity index (χ0v) is 12.1. The molecule has 3 amide bonds. The van der Waals surface area contributed by atoms with Crippen LogP contribution in [-0.2, 0) is 14.4 Å². The van der Waals surface area contributed by atoms with Gasteiger partial charge in [0.1, 0.15) is 18.3 Å². The van der Waals surface area contributed by atoms with E-state index in [1.165, 1.54) is 0 Å². The zero-order valence-electron chi connectivity index (χ0n) is 12.1. The van der Waals surface area contributed by atoms with E-state index in [9.17, 15) is 29.7 Å². The lowest BCUT2D eigenvalue weighted by atomic mass is 10.0. The van der Waals surface area contributed by atoms with Crippen molar-refractivity contribution in [3.63, 3.8) is 0 Å². The highest BCUT2D eigenvalue weighted by atomic mass is 16.4. The average molecular weight is 335 g/mol. The van der Waals surface area contributed by atoms with E-state index in [1.54, 1.807) is 0 Å². The highest BCUT2D eigenvalue weighted by molar-refractivity contribution is 5.95. The van der Waals surface area contributed by atoms with Crippen LogP contribution in [0, 0.1) is 0 Å². The standard InChI is InChI=1S/C12H21N3O8/c13-7(18)1-2-8(19)14-3-4-15-12(23)11(22)10(21)9(20)6(17)5-16/h1-2,6,9-11,16-17,20-22H,3-5H2,(H2,13,18)(H,14,19)(H,15,23)/b2-1-. The second-order valence-corrected chi connectivity index (χ2v) is 4.49. The molecule has 11 nitrogen and oxygen atoms in total. The molecular formula is C12H21N3O8. The number of carbonyl (C=O) groups excluding carboxylic acids is 3. The average Bonchev–Trinajstić information content (AvgIpc) is 2.53. The van der Waals surface area contributed by atoms with Crippen LogP contribution in [0.3, 0.4) is 0 Å². The minimum Gasteiger partial charge on any atom is -0.394 e. The van der Waals surface area contributed by atoms with Crippen LogP contribution < -0.4 is 16.4 Å². The first-order valence-electron chi connectivity index (χ1n) is 6.56. The van der Waals surface area contributed by atoms with Crippen molar-refractivity contribution in [1.82, 2.24) is 10.6 Å². The fraction of sp³-hybridized carbons (Fsp3) is 0.583. The summed E-state index contributed by atoms with van der Waals surface area (Å²) in [4.78, 5) is 33.0. The molecule has 0 aliphatic rings. The summed E-state index contributed by atoms with van der Waals surface area (Å²) in [5, 5.41) is 50.5. The molecule has 4 unspecified atom stereocenters. The molecule has 0 aromatic carbocycles. The van der Waals surface area contributed by atoms with E-state index in [4.69, 9.17) is 15.9 Å². The number of hydrogen-bond donors (Lipinski definition) is 8. The van der Waals surface area contributed by atoms with Crippen LogP contribution in [0.25, 0.3) is 0 Å². The topological polar surface area (TPSA) is 202 Å². The Balaban J connectivity index is 4.15. The lowest BCUT2D eigenvalue weighted by Gasteiger charge is -2.24. The SMILES string of the molecule is NC(=O)/C=C\C(=O)NCCNC(=O)C(O)C(O)C(O)C(O)CO. The molecular weight excluding hydrogens is 314 g/mol. The normalized spacial score (nSPS) is 16.4. The summed E-state index contributed by atoms with van der Waals surface area (Å²) in [6.07, 6.45) is -5.94. The molecule has 0 spiro atoms. The molecule has 0 bridgehead atoms. The third-order valence-corrected chi connectivity index (χ3v) is 2.65. The third-order valence-electron chi connectivity index (χ3n) is 2.65. The number of nitrogens with one attached hydrogen (secondary N) is 2. The van der Waals surface area contributed by atoms with Crippen molar-refractivity contribution in [2.24, 2.45) is 5.73 Å². The molecule has 0 saturated heterocycles. The molecule has 0 saturated carbocycles. The van der Waals surface area contributed by atoms with Crippen molar-refractivity contribution in [2.75, 3.05) is 19.7 Å². The number of amides is 3. The Labute approximate surface area is 131 Å². The number of aliphatic hydroxyl groups is 5. The number of primary amides is 1. The van der Waals surface area contributed by atoms with E-state index < -0.39 is 48.7 Å². The van der Waals surface area contributed by atoms with Gasteiger partial charge in [0.15, 0.2) is 6.10 Å². The first-order chi connectivity index (χ1) is 10.7. The summed E-state index contributed by atoms with van der Waals surface area (Å²) in [5.41, 5.74) is 4.78. The summed E-state index contributed by atoms with van der Waals surface area (Å²) in [7, 11) is 0. The van der Waals surface area contributed by atoms with E-state index in [2.05, 4.69) is 10.6 Å². The second kappa shape index (κ2) is 10.6. The van der Waals surface area contributed by atoms with Crippen LogP contribution in [-0.4, -0.2) is 87.4 Å². The van der Waals surface area contributed by atoms with E-state index in [0.717, 1.165) is 12.2 Å². The highest BCUT2D eigenvalue weighted by Gasteiger charge is 2.33. The van der Waals surface area contributed by atoms with Crippen molar-refractivity contribution in [3.8, 4) is 0 Å². The second-order valence-electron chi connectivity index (χ2n) is 4.49. The Morgan fingerprint density at radius 2 is 1.52 bits per heavy atom. The largest absolute Gasteiger partial charge is 0.394 e. The first kappa shape index (κ1) is 20.9. The quantitative estimate of drug-likeness (QED) is 0.143. The Bertz CT molecular complexity index is 442. The summed E-state index contributed by atoms with van der Waals surface area (Å²) in [6.45, 7) is -1.02. The van der Waals surface area contributed by atoms with E-state index in [0.29, 0.717) is 0 Å². The highest BCUT2D eigenvalue weighted by Crippen LogP contribution is 2.05. The van der Waals surface area contributed by atoms with Gasteiger partial charge in [-0.2, -0.15) is 0 Å². The van der Waals surface area contributed by atoms with Crippen LogP contribution in [0.5, 0.6) is 0 Å². The van der Waals surface area contributed by atoms with Gasteiger partial charge in [-0.15, -0.1) is 0 Å². The molecule has 0 aromatic heterocycles. The van der Waals surface area contributed by atoms with E-state index >= 15 is 0 Å². The minimum absolute atomic E-state index is 0.0433. The first-order valence-corrected chi connectivity index (χ1v) is 6.56. The van der Waals surface area contributed by atoms with Gasteiger partial charge in [0, 0.05) is 25.2 Å². The van der Waals surface area contributed by atoms with Crippen LogP contribution >= 0.6 is 0 Å². The number of carbonyl (C=O) groups is 3. The molecule has 0 rings (SSSR count). The summed E-state index contributed by atoms with van der Waals surface area (Å²) in [6, 6.07) is 0. The fourth-order valence-electron chi connectivity index (χ4n) is 1.37. The zero-order chi connectivity index (χ0) is 18.0. The van der Waals surface area contributed by atoms with Gasteiger partial charge in [-0.1, -0.05) is 0 Å². The molecule has 23 heavy (non-hydrogen) atoms. The van der Waals surface area contributed by atoms with Gasteiger partial charge in [-0.3, -0.25) is 14.4 Å². The summed E-state index contributed by atoms with van der Waals surface area (Å²) < 4.78 is 0. The van der Waals surface area contributed by atoms with Gasteiger partial charge in [-0.05, 0) is 0 Å². The van der Waals surface area contributed by atoms with Crippen LogP contribution in [0.1, 0.15) is 0 Å². The predicted octanol–water partition coefficient (Wildman–Crippen LogP) is -5.30. The number of rotatable bonds is 10. The Morgan fingerprint density at radius 1 is 0.957 bits per heavy atom. The van der Waals surface area contributed by atoms with Crippen molar-refractivity contribution in [2.45, 2.75) is 24.4 Å². The van der Waals surface area contributed by atoms with E-state index in [1.807, 2.05) is 0 Å².